The lowest BCUT2D eigenvalue weighted by Gasteiger charge is -2.29. The van der Waals surface area contributed by atoms with E-state index in [1.807, 2.05) is 30.3 Å². The van der Waals surface area contributed by atoms with Crippen LogP contribution in [0.5, 0.6) is 11.5 Å². The van der Waals surface area contributed by atoms with Crippen LogP contribution in [0.25, 0.3) is 0 Å². The maximum atomic E-state index is 12.4. The minimum absolute atomic E-state index is 0.196. The minimum Gasteiger partial charge on any atom is -0.493 e. The summed E-state index contributed by atoms with van der Waals surface area (Å²) in [6.45, 7) is 2.74. The van der Waals surface area contributed by atoms with E-state index in [1.54, 1.807) is 25.3 Å². The molecule has 0 radical (unpaired) electrons. The normalized spacial score (nSPS) is 15.8. The van der Waals surface area contributed by atoms with Crippen LogP contribution in [0.3, 0.4) is 0 Å². The van der Waals surface area contributed by atoms with E-state index in [-0.39, 0.29) is 12.7 Å². The molecule has 0 spiro atoms. The zero-order chi connectivity index (χ0) is 22.1. The quantitative estimate of drug-likeness (QED) is 0.488. The van der Waals surface area contributed by atoms with Crippen molar-refractivity contribution >= 4 is 11.7 Å². The van der Waals surface area contributed by atoms with Gasteiger partial charge < -0.3 is 30.3 Å². The van der Waals surface area contributed by atoms with E-state index in [1.165, 1.54) is 0 Å². The summed E-state index contributed by atoms with van der Waals surface area (Å²) in [5, 5.41) is 24.8. The Morgan fingerprint density at radius 2 is 1.90 bits per heavy atom. The van der Waals surface area contributed by atoms with Crippen molar-refractivity contribution in [1.82, 2.24) is 10.2 Å². The second-order valence-electron chi connectivity index (χ2n) is 7.53. The molecule has 0 unspecified atom stereocenters. The van der Waals surface area contributed by atoms with Gasteiger partial charge in [-0.1, -0.05) is 30.3 Å². The molecule has 2 aromatic carbocycles. The van der Waals surface area contributed by atoms with E-state index in [9.17, 15) is 15.0 Å². The number of likely N-dealkylation sites (tertiary alicyclic amines) is 1. The van der Waals surface area contributed by atoms with Gasteiger partial charge in [-0.25, -0.2) is 4.79 Å². The highest BCUT2D eigenvalue weighted by atomic mass is 16.5. The Bertz CT molecular complexity index is 825. The average Bonchev–Trinajstić information content (AvgIpc) is 2.79. The third kappa shape index (κ3) is 6.85. The van der Waals surface area contributed by atoms with Crippen LogP contribution in [-0.4, -0.2) is 67.2 Å². The fraction of sp³-hybridized carbons (Fsp3) is 0.435. The topological polar surface area (TPSA) is 103 Å². The summed E-state index contributed by atoms with van der Waals surface area (Å²) in [6, 6.07) is 13.6. The molecule has 1 aliphatic rings. The van der Waals surface area contributed by atoms with Gasteiger partial charge in [0.2, 0.25) is 0 Å². The van der Waals surface area contributed by atoms with Gasteiger partial charge in [0.05, 0.1) is 25.9 Å². The molecule has 1 saturated heterocycles. The molecule has 168 valence electrons. The Balaban J connectivity index is 1.55. The third-order valence-electron chi connectivity index (χ3n) is 5.33. The Hall–Kier alpha value is -2.81. The summed E-state index contributed by atoms with van der Waals surface area (Å²) >= 11 is 0. The standard InChI is InChI=1S/C23H31N3O5/c1-30-21-8-7-18(15-22(21)31-14-13-26-11-9-19(28)10-12-26)24-23(29)25-20(16-27)17-5-3-2-4-6-17/h2-8,15,19-20,27-28H,9-14,16H2,1H3,(H2,24,25,29)/t20-/m0/s1. The molecule has 0 aromatic heterocycles. The number of urea groups is 1. The number of nitrogens with zero attached hydrogens (tertiary/aromatic N) is 1. The van der Waals surface area contributed by atoms with Crippen LogP contribution in [0.15, 0.2) is 48.5 Å². The first-order valence-electron chi connectivity index (χ1n) is 10.5. The molecule has 0 saturated carbocycles. The maximum Gasteiger partial charge on any atom is 0.319 e. The third-order valence-corrected chi connectivity index (χ3v) is 5.33. The van der Waals surface area contributed by atoms with Crippen LogP contribution >= 0.6 is 0 Å². The number of hydrogen-bond donors (Lipinski definition) is 4. The summed E-state index contributed by atoms with van der Waals surface area (Å²) in [5.74, 6) is 1.12. The van der Waals surface area contributed by atoms with Gasteiger partial charge in [-0.05, 0) is 30.5 Å². The number of hydrogen-bond acceptors (Lipinski definition) is 6. The molecule has 1 atom stereocenters. The zero-order valence-electron chi connectivity index (χ0n) is 17.8. The monoisotopic (exact) mass is 429 g/mol. The molecular formula is C23H31N3O5. The lowest BCUT2D eigenvalue weighted by Crippen LogP contribution is -2.38. The van der Waals surface area contributed by atoms with Crippen LogP contribution < -0.4 is 20.1 Å². The van der Waals surface area contributed by atoms with Crippen LogP contribution in [0.1, 0.15) is 24.4 Å². The summed E-state index contributed by atoms with van der Waals surface area (Å²) in [7, 11) is 1.57. The van der Waals surface area contributed by atoms with E-state index >= 15 is 0 Å². The average molecular weight is 430 g/mol. The van der Waals surface area contributed by atoms with Crippen molar-refractivity contribution in [2.24, 2.45) is 0 Å². The minimum atomic E-state index is -0.502. The molecule has 3 rings (SSSR count). The second-order valence-corrected chi connectivity index (χ2v) is 7.53. The Morgan fingerprint density at radius 1 is 1.16 bits per heavy atom. The summed E-state index contributed by atoms with van der Waals surface area (Å²) < 4.78 is 11.3. The largest absolute Gasteiger partial charge is 0.493 e. The number of nitrogens with one attached hydrogen (secondary N) is 2. The predicted octanol–water partition coefficient (Wildman–Crippen LogP) is 2.39. The van der Waals surface area contributed by atoms with Gasteiger partial charge >= 0.3 is 6.03 Å². The first-order valence-corrected chi connectivity index (χ1v) is 10.5. The number of methoxy groups -OCH3 is 1. The van der Waals surface area contributed by atoms with Crippen LogP contribution in [0.2, 0.25) is 0 Å². The number of carbonyl (C=O) groups is 1. The Morgan fingerprint density at radius 3 is 2.58 bits per heavy atom. The molecule has 0 bridgehead atoms. The number of amides is 2. The van der Waals surface area contributed by atoms with Crippen molar-refractivity contribution in [3.05, 3.63) is 54.1 Å². The maximum absolute atomic E-state index is 12.4. The van der Waals surface area contributed by atoms with Crippen molar-refractivity contribution in [3.8, 4) is 11.5 Å². The van der Waals surface area contributed by atoms with Crippen molar-refractivity contribution in [3.63, 3.8) is 0 Å². The number of carbonyl (C=O) groups excluding carboxylic acids is 1. The number of ether oxygens (including phenoxy) is 2. The van der Waals surface area contributed by atoms with E-state index in [0.29, 0.717) is 23.8 Å². The van der Waals surface area contributed by atoms with Crippen LogP contribution in [0, 0.1) is 0 Å². The van der Waals surface area contributed by atoms with E-state index in [0.717, 1.165) is 38.0 Å². The lowest BCUT2D eigenvalue weighted by atomic mass is 10.1. The molecule has 2 amide bonds. The molecule has 0 aliphatic carbocycles. The fourth-order valence-corrected chi connectivity index (χ4v) is 3.54. The number of rotatable bonds is 9. The van der Waals surface area contributed by atoms with Crippen molar-refractivity contribution < 1.29 is 24.5 Å². The smallest absolute Gasteiger partial charge is 0.319 e. The second kappa shape index (κ2) is 11.5. The molecule has 31 heavy (non-hydrogen) atoms. The number of benzene rings is 2. The molecule has 8 nitrogen and oxygen atoms in total. The van der Waals surface area contributed by atoms with E-state index in [2.05, 4.69) is 15.5 Å². The zero-order valence-corrected chi connectivity index (χ0v) is 17.8. The van der Waals surface area contributed by atoms with E-state index in [4.69, 9.17) is 9.47 Å². The van der Waals surface area contributed by atoms with Gasteiger partial charge in [-0.3, -0.25) is 4.90 Å². The Labute approximate surface area is 182 Å². The number of aliphatic hydroxyl groups excluding tert-OH is 2. The highest BCUT2D eigenvalue weighted by Gasteiger charge is 2.17. The summed E-state index contributed by atoms with van der Waals surface area (Å²) in [4.78, 5) is 14.7. The van der Waals surface area contributed by atoms with Crippen molar-refractivity contribution in [1.29, 1.82) is 0 Å². The summed E-state index contributed by atoms with van der Waals surface area (Å²) in [5.41, 5.74) is 1.38. The highest BCUT2D eigenvalue weighted by Crippen LogP contribution is 2.30. The van der Waals surface area contributed by atoms with Gasteiger partial charge in [0.15, 0.2) is 11.5 Å². The highest BCUT2D eigenvalue weighted by molar-refractivity contribution is 5.90. The van der Waals surface area contributed by atoms with Crippen molar-refractivity contribution in [2.75, 3.05) is 45.3 Å². The molecule has 4 N–H and O–H groups in total. The Kier molecular flexibility index (Phi) is 8.52. The molecule has 8 heteroatoms. The van der Waals surface area contributed by atoms with E-state index < -0.39 is 12.1 Å². The molecule has 1 fully saturated rings. The van der Waals surface area contributed by atoms with Gasteiger partial charge in [-0.2, -0.15) is 0 Å². The fourth-order valence-electron chi connectivity index (χ4n) is 3.54. The van der Waals surface area contributed by atoms with Gasteiger partial charge in [0.25, 0.3) is 0 Å². The number of anilines is 1. The lowest BCUT2D eigenvalue weighted by molar-refractivity contribution is 0.0752. The number of piperidine rings is 1. The predicted molar refractivity (Wildman–Crippen MR) is 119 cm³/mol. The van der Waals surface area contributed by atoms with Gasteiger partial charge in [0.1, 0.15) is 6.61 Å². The SMILES string of the molecule is COc1ccc(NC(=O)N[C@@H](CO)c2ccccc2)cc1OCCN1CCC(O)CC1. The summed E-state index contributed by atoms with van der Waals surface area (Å²) in [6.07, 6.45) is 1.38. The molecule has 1 heterocycles. The van der Waals surface area contributed by atoms with Gasteiger partial charge in [0, 0.05) is 31.4 Å². The molecule has 2 aromatic rings. The van der Waals surface area contributed by atoms with Crippen LogP contribution in [0.4, 0.5) is 10.5 Å². The first kappa shape index (κ1) is 22.9. The molecular weight excluding hydrogens is 398 g/mol. The van der Waals surface area contributed by atoms with Crippen molar-refractivity contribution in [2.45, 2.75) is 25.0 Å². The molecule has 1 aliphatic heterocycles. The first-order chi connectivity index (χ1) is 15.1. The van der Waals surface area contributed by atoms with Gasteiger partial charge in [-0.15, -0.1) is 0 Å². The van der Waals surface area contributed by atoms with Crippen LogP contribution in [-0.2, 0) is 0 Å². The number of aliphatic hydroxyl groups is 2.